The summed E-state index contributed by atoms with van der Waals surface area (Å²) in [6.07, 6.45) is 3.46. The second-order valence-corrected chi connectivity index (χ2v) is 8.99. The highest BCUT2D eigenvalue weighted by molar-refractivity contribution is 5.71. The maximum Gasteiger partial charge on any atom is 0.344 e. The Morgan fingerprint density at radius 1 is 1.19 bits per heavy atom. The number of anilines is 1. The SMILES string of the molecule is CCOC(=O)COc1cc(N2CC3CCC(C2)N3)c2c(n1)CN(Cc1ccccc1)CC2. The highest BCUT2D eigenvalue weighted by atomic mass is 16.6. The predicted molar refractivity (Wildman–Crippen MR) is 123 cm³/mol. The molecule has 2 bridgehead atoms. The summed E-state index contributed by atoms with van der Waals surface area (Å²) >= 11 is 0. The quantitative estimate of drug-likeness (QED) is 0.669. The largest absolute Gasteiger partial charge is 0.466 e. The molecule has 2 atom stereocenters. The average molecular weight is 437 g/mol. The molecule has 0 aliphatic carbocycles. The maximum absolute atomic E-state index is 11.8. The number of rotatable bonds is 7. The van der Waals surface area contributed by atoms with Crippen LogP contribution in [0, 0.1) is 0 Å². The van der Waals surface area contributed by atoms with Gasteiger partial charge in [0.05, 0.1) is 12.3 Å². The third kappa shape index (κ3) is 4.74. The summed E-state index contributed by atoms with van der Waals surface area (Å²) in [6.45, 7) is 6.76. The normalized spacial score (nSPS) is 22.5. The van der Waals surface area contributed by atoms with Gasteiger partial charge in [0.2, 0.25) is 5.88 Å². The van der Waals surface area contributed by atoms with Crippen LogP contribution in [0.2, 0.25) is 0 Å². The Hall–Kier alpha value is -2.64. The van der Waals surface area contributed by atoms with E-state index in [9.17, 15) is 4.79 Å². The van der Waals surface area contributed by atoms with Crippen LogP contribution in [0.3, 0.4) is 0 Å². The lowest BCUT2D eigenvalue weighted by atomic mass is 10.0. The van der Waals surface area contributed by atoms with Gasteiger partial charge < -0.3 is 19.7 Å². The second-order valence-electron chi connectivity index (χ2n) is 8.99. The molecule has 2 aromatic rings. The van der Waals surface area contributed by atoms with Crippen molar-refractivity contribution in [3.05, 3.63) is 53.2 Å². The van der Waals surface area contributed by atoms with Crippen LogP contribution in [-0.2, 0) is 29.0 Å². The molecule has 3 aliphatic heterocycles. The summed E-state index contributed by atoms with van der Waals surface area (Å²) in [5.41, 5.74) is 4.93. The Morgan fingerprint density at radius 2 is 1.97 bits per heavy atom. The van der Waals surface area contributed by atoms with E-state index < -0.39 is 0 Å². The fraction of sp³-hybridized carbons (Fsp3) is 0.520. The molecule has 2 fully saturated rings. The third-order valence-corrected chi connectivity index (χ3v) is 6.66. The molecule has 0 saturated carbocycles. The highest BCUT2D eigenvalue weighted by Crippen LogP contribution is 2.34. The van der Waals surface area contributed by atoms with Crippen LogP contribution < -0.4 is 15.0 Å². The van der Waals surface area contributed by atoms with E-state index >= 15 is 0 Å². The molecule has 2 saturated heterocycles. The van der Waals surface area contributed by atoms with Gasteiger partial charge in [-0.3, -0.25) is 4.90 Å². The van der Waals surface area contributed by atoms with Crippen LogP contribution in [0.25, 0.3) is 0 Å². The third-order valence-electron chi connectivity index (χ3n) is 6.66. The fourth-order valence-electron chi connectivity index (χ4n) is 5.21. The van der Waals surface area contributed by atoms with Crippen molar-refractivity contribution in [3.8, 4) is 5.88 Å². The van der Waals surface area contributed by atoms with Crippen molar-refractivity contribution < 1.29 is 14.3 Å². The van der Waals surface area contributed by atoms with E-state index in [-0.39, 0.29) is 12.6 Å². The fourth-order valence-corrected chi connectivity index (χ4v) is 5.21. The standard InChI is InChI=1S/C25H32N4O3/c1-2-31-25(30)17-32-24-12-23(29-14-19-8-9-20(15-29)26-19)21-10-11-28(16-22(21)27-24)13-18-6-4-3-5-7-18/h3-7,12,19-20,26H,2,8-11,13-17H2,1H3. The van der Waals surface area contributed by atoms with Gasteiger partial charge in [0.25, 0.3) is 0 Å². The van der Waals surface area contributed by atoms with Crippen molar-refractivity contribution in [1.82, 2.24) is 15.2 Å². The van der Waals surface area contributed by atoms with E-state index in [4.69, 9.17) is 14.5 Å². The Labute approximate surface area is 189 Å². The summed E-state index contributed by atoms with van der Waals surface area (Å²) in [7, 11) is 0. The lowest BCUT2D eigenvalue weighted by molar-refractivity contribution is -0.145. The van der Waals surface area contributed by atoms with Crippen molar-refractivity contribution in [1.29, 1.82) is 0 Å². The molecule has 1 aromatic heterocycles. The van der Waals surface area contributed by atoms with Gasteiger partial charge in [-0.1, -0.05) is 30.3 Å². The first-order valence-electron chi connectivity index (χ1n) is 11.8. The van der Waals surface area contributed by atoms with Gasteiger partial charge in [0, 0.05) is 56.6 Å². The smallest absolute Gasteiger partial charge is 0.344 e. The van der Waals surface area contributed by atoms with Gasteiger partial charge >= 0.3 is 5.97 Å². The van der Waals surface area contributed by atoms with Gasteiger partial charge in [-0.2, -0.15) is 0 Å². The van der Waals surface area contributed by atoms with Gasteiger partial charge in [-0.15, -0.1) is 0 Å². The van der Waals surface area contributed by atoms with Crippen molar-refractivity contribution in [2.75, 3.05) is 37.7 Å². The molecule has 32 heavy (non-hydrogen) atoms. The minimum Gasteiger partial charge on any atom is -0.466 e. The predicted octanol–water partition coefficient (Wildman–Crippen LogP) is 2.52. The highest BCUT2D eigenvalue weighted by Gasteiger charge is 2.34. The molecule has 3 aliphatic rings. The number of nitrogens with zero attached hydrogens (tertiary/aromatic N) is 3. The molecule has 0 spiro atoms. The molecule has 4 heterocycles. The number of nitrogens with one attached hydrogen (secondary N) is 1. The number of carbonyl (C=O) groups is 1. The molecule has 7 heteroatoms. The van der Waals surface area contributed by atoms with Crippen LogP contribution in [0.4, 0.5) is 5.69 Å². The number of esters is 1. The Morgan fingerprint density at radius 3 is 2.72 bits per heavy atom. The topological polar surface area (TPSA) is 66.9 Å². The number of fused-ring (bicyclic) bond motifs is 3. The second kappa shape index (κ2) is 9.46. The number of ether oxygens (including phenoxy) is 2. The van der Waals surface area contributed by atoms with E-state index in [0.29, 0.717) is 24.6 Å². The number of aromatic nitrogens is 1. The Balaban J connectivity index is 1.39. The lowest BCUT2D eigenvalue weighted by Crippen LogP contribution is -2.51. The van der Waals surface area contributed by atoms with Gasteiger partial charge in [-0.25, -0.2) is 9.78 Å². The van der Waals surface area contributed by atoms with Crippen molar-refractivity contribution >= 4 is 11.7 Å². The number of piperazine rings is 1. The van der Waals surface area contributed by atoms with E-state index in [1.165, 1.54) is 29.7 Å². The molecule has 1 aromatic carbocycles. The number of benzene rings is 1. The van der Waals surface area contributed by atoms with Crippen LogP contribution in [0.15, 0.2) is 36.4 Å². The molecular weight excluding hydrogens is 404 g/mol. The number of hydrogen-bond acceptors (Lipinski definition) is 7. The van der Waals surface area contributed by atoms with E-state index in [2.05, 4.69) is 45.4 Å². The number of hydrogen-bond donors (Lipinski definition) is 1. The summed E-state index contributed by atoms with van der Waals surface area (Å²) in [6, 6.07) is 13.7. The monoisotopic (exact) mass is 436 g/mol. The molecule has 0 radical (unpaired) electrons. The maximum atomic E-state index is 11.8. The van der Waals surface area contributed by atoms with Gasteiger partial charge in [-0.05, 0) is 37.3 Å². The Kier molecular flexibility index (Phi) is 6.28. The minimum atomic E-state index is -0.362. The minimum absolute atomic E-state index is 0.112. The summed E-state index contributed by atoms with van der Waals surface area (Å²) < 4.78 is 10.8. The first-order valence-corrected chi connectivity index (χ1v) is 11.8. The number of carbonyl (C=O) groups excluding carboxylic acids is 1. The molecule has 7 nitrogen and oxygen atoms in total. The molecular formula is C25H32N4O3. The molecule has 170 valence electrons. The average Bonchev–Trinajstić information content (AvgIpc) is 3.15. The van der Waals surface area contributed by atoms with Crippen molar-refractivity contribution in [2.24, 2.45) is 0 Å². The zero-order valence-corrected chi connectivity index (χ0v) is 18.8. The molecule has 0 amide bonds. The molecule has 1 N–H and O–H groups in total. The first-order chi connectivity index (χ1) is 15.7. The van der Waals surface area contributed by atoms with Gasteiger partial charge in [0.1, 0.15) is 0 Å². The zero-order valence-electron chi connectivity index (χ0n) is 18.8. The summed E-state index contributed by atoms with van der Waals surface area (Å²) in [5, 5.41) is 3.72. The van der Waals surface area contributed by atoms with Crippen molar-refractivity contribution in [3.63, 3.8) is 0 Å². The van der Waals surface area contributed by atoms with Crippen LogP contribution in [0.1, 0.15) is 36.6 Å². The first kappa shape index (κ1) is 21.2. The number of pyridine rings is 1. The van der Waals surface area contributed by atoms with E-state index in [0.717, 1.165) is 44.8 Å². The zero-order chi connectivity index (χ0) is 21.9. The molecule has 2 unspecified atom stereocenters. The van der Waals surface area contributed by atoms with Gasteiger partial charge in [0.15, 0.2) is 6.61 Å². The van der Waals surface area contributed by atoms with E-state index in [1.807, 2.05) is 6.07 Å². The van der Waals surface area contributed by atoms with Crippen LogP contribution in [-0.4, -0.2) is 60.8 Å². The van der Waals surface area contributed by atoms with Crippen molar-refractivity contribution in [2.45, 2.75) is 51.4 Å². The summed E-state index contributed by atoms with van der Waals surface area (Å²) in [5.74, 6) is 0.152. The van der Waals surface area contributed by atoms with Crippen LogP contribution in [0.5, 0.6) is 5.88 Å². The Bertz CT molecular complexity index is 940. The summed E-state index contributed by atoms with van der Waals surface area (Å²) in [4.78, 5) is 21.6. The molecule has 5 rings (SSSR count). The van der Waals surface area contributed by atoms with E-state index in [1.54, 1.807) is 6.92 Å². The lowest BCUT2D eigenvalue weighted by Gasteiger charge is -2.38. The van der Waals surface area contributed by atoms with Crippen LogP contribution >= 0.6 is 0 Å².